The number of aromatic nitrogens is 1. The molecule has 133 valence electrons. The summed E-state index contributed by atoms with van der Waals surface area (Å²) in [4.78, 5) is 18.3. The van der Waals surface area contributed by atoms with E-state index in [1.165, 1.54) is 13.0 Å². The van der Waals surface area contributed by atoms with Crippen LogP contribution >= 0.6 is 0 Å². The average molecular weight is 354 g/mol. The van der Waals surface area contributed by atoms with Gasteiger partial charge in [-0.05, 0) is 24.3 Å². The predicted molar refractivity (Wildman–Crippen MR) is 91.5 cm³/mol. The maximum absolute atomic E-state index is 10.7. The van der Waals surface area contributed by atoms with Crippen molar-refractivity contribution in [3.63, 3.8) is 0 Å². The maximum Gasteiger partial charge on any atom is 0.302 e. The van der Waals surface area contributed by atoms with E-state index in [2.05, 4.69) is 9.83 Å². The van der Waals surface area contributed by atoms with E-state index in [-0.39, 0.29) is 30.7 Å². The normalized spacial score (nSPS) is 13.0. The van der Waals surface area contributed by atoms with Gasteiger partial charge in [-0.15, -0.1) is 0 Å². The summed E-state index contributed by atoms with van der Waals surface area (Å²) < 4.78 is 21.0. The summed E-state index contributed by atoms with van der Waals surface area (Å²) in [5.41, 5.74) is 1.78. The number of carbonyl (C=O) groups excluding carboxylic acids is 1. The fourth-order valence-corrected chi connectivity index (χ4v) is 2.38. The fraction of sp³-hybridized carbons (Fsp3) is 0.235. The Hall–Kier alpha value is -3.09. The van der Waals surface area contributed by atoms with Crippen molar-refractivity contribution in [2.24, 2.45) is 0 Å². The zero-order valence-electron chi connectivity index (χ0n) is 14.0. The van der Waals surface area contributed by atoms with E-state index >= 15 is 0 Å². The van der Waals surface area contributed by atoms with Crippen LogP contribution in [0.2, 0.25) is 0 Å². The van der Waals surface area contributed by atoms with Crippen LogP contribution in [0.1, 0.15) is 12.5 Å². The average Bonchev–Trinajstić information content (AvgIpc) is 2.99. The minimum absolute atomic E-state index is 0.0622. The summed E-state index contributed by atoms with van der Waals surface area (Å²) in [5.74, 6) is 0.467. The van der Waals surface area contributed by atoms with Gasteiger partial charge in [0.15, 0.2) is 7.12 Å². The van der Waals surface area contributed by atoms with E-state index < -0.39 is 13.1 Å². The highest BCUT2D eigenvalue weighted by Gasteiger charge is 2.14. The molecule has 0 fully saturated rings. The Morgan fingerprint density at radius 3 is 3.00 bits per heavy atom. The van der Waals surface area contributed by atoms with Gasteiger partial charge in [0.25, 0.3) is 0 Å². The summed E-state index contributed by atoms with van der Waals surface area (Å²) in [7, 11) is -0.910. The molecule has 1 aromatic heterocycles. The summed E-state index contributed by atoms with van der Waals surface area (Å²) in [6.45, 7) is 8.92. The Morgan fingerprint density at radius 1 is 1.38 bits per heavy atom. The van der Waals surface area contributed by atoms with Crippen LogP contribution in [0.3, 0.4) is 0 Å². The molecule has 0 amide bonds. The standard InChI is InChI=1S/C17H15BN2O6/c1-11(21)23-7-8-24-17-15(19-2)5-6-16(20-17)26-13-3-4-14-12(9-13)10-25-18(14)22/h3-6,9,22H,7-8,10H2,1H3/q-1. The second kappa shape index (κ2) is 7.86. The molecule has 0 saturated heterocycles. The van der Waals surface area contributed by atoms with Crippen molar-refractivity contribution >= 4 is 24.2 Å². The second-order valence-corrected chi connectivity index (χ2v) is 5.40. The molecule has 1 aromatic carbocycles. The molecule has 0 spiro atoms. The molecule has 3 rings (SSSR count). The predicted octanol–water partition coefficient (Wildman–Crippen LogP) is 1.58. The first kappa shape index (κ1) is 17.7. The molecule has 0 bridgehead atoms. The van der Waals surface area contributed by atoms with Gasteiger partial charge in [0.05, 0.1) is 6.57 Å². The molecule has 1 aliphatic rings. The first-order valence-electron chi connectivity index (χ1n) is 7.82. The SMILES string of the molecule is [C-]#[N+]c1ccc(Oc2ccc3c(c2)CO[B-]3O)nc1OCCOC(C)=O. The highest BCUT2D eigenvalue weighted by Crippen LogP contribution is 2.30. The zero-order chi connectivity index (χ0) is 18.5. The molecule has 26 heavy (non-hydrogen) atoms. The smallest absolute Gasteiger partial charge is 0.302 e. The van der Waals surface area contributed by atoms with Crippen molar-refractivity contribution in [2.45, 2.75) is 13.5 Å². The lowest BCUT2D eigenvalue weighted by Gasteiger charge is -2.13. The first-order chi connectivity index (χ1) is 12.6. The van der Waals surface area contributed by atoms with Gasteiger partial charge in [-0.3, -0.25) is 4.79 Å². The Bertz CT molecular complexity index is 867. The van der Waals surface area contributed by atoms with Crippen molar-refractivity contribution in [1.82, 2.24) is 4.98 Å². The zero-order valence-corrected chi connectivity index (χ0v) is 14.0. The number of rotatable bonds is 6. The molecular formula is C17H15BN2O6-. The van der Waals surface area contributed by atoms with Gasteiger partial charge in [-0.2, -0.15) is 10.4 Å². The number of nitrogens with zero attached hydrogens (tertiary/aromatic N) is 2. The molecule has 1 aliphatic heterocycles. The molecule has 0 saturated carbocycles. The van der Waals surface area contributed by atoms with Crippen molar-refractivity contribution in [1.29, 1.82) is 0 Å². The van der Waals surface area contributed by atoms with E-state index in [0.717, 1.165) is 5.56 Å². The van der Waals surface area contributed by atoms with Gasteiger partial charge in [-0.1, -0.05) is 11.6 Å². The van der Waals surface area contributed by atoms with Crippen LogP contribution in [0.4, 0.5) is 5.69 Å². The van der Waals surface area contributed by atoms with Crippen molar-refractivity contribution in [2.75, 3.05) is 13.2 Å². The molecule has 8 nitrogen and oxygen atoms in total. The number of benzene rings is 1. The monoisotopic (exact) mass is 354 g/mol. The van der Waals surface area contributed by atoms with E-state index in [0.29, 0.717) is 17.8 Å². The first-order valence-corrected chi connectivity index (χ1v) is 7.82. The molecule has 2 heterocycles. The topological polar surface area (TPSA) is 91.5 Å². The molecular weight excluding hydrogens is 339 g/mol. The third kappa shape index (κ3) is 4.11. The molecule has 1 N–H and O–H groups in total. The van der Waals surface area contributed by atoms with Crippen molar-refractivity contribution in [3.8, 4) is 17.5 Å². The molecule has 0 aliphatic carbocycles. The third-order valence-corrected chi connectivity index (χ3v) is 3.56. The van der Waals surface area contributed by atoms with Gasteiger partial charge < -0.3 is 23.9 Å². The molecule has 1 radical (unpaired) electrons. The van der Waals surface area contributed by atoms with Crippen LogP contribution in [0.5, 0.6) is 17.5 Å². The van der Waals surface area contributed by atoms with Gasteiger partial charge in [0.1, 0.15) is 19.0 Å². The van der Waals surface area contributed by atoms with Crippen LogP contribution in [-0.2, 0) is 20.8 Å². The van der Waals surface area contributed by atoms with Crippen LogP contribution in [-0.4, -0.2) is 36.3 Å². The lowest BCUT2D eigenvalue weighted by atomic mass is 9.80. The van der Waals surface area contributed by atoms with E-state index in [1.54, 1.807) is 24.3 Å². The largest absolute Gasteiger partial charge is 0.601 e. The highest BCUT2D eigenvalue weighted by molar-refractivity contribution is 6.61. The van der Waals surface area contributed by atoms with Gasteiger partial charge in [0, 0.05) is 13.5 Å². The van der Waals surface area contributed by atoms with Gasteiger partial charge in [-0.25, -0.2) is 4.85 Å². The van der Waals surface area contributed by atoms with Gasteiger partial charge >= 0.3 is 5.97 Å². The van der Waals surface area contributed by atoms with Crippen molar-refractivity contribution in [3.05, 3.63) is 47.3 Å². The minimum atomic E-state index is -0.910. The molecule has 2 aromatic rings. The Labute approximate surface area is 150 Å². The summed E-state index contributed by atoms with van der Waals surface area (Å²) >= 11 is 0. The van der Waals surface area contributed by atoms with E-state index in [1.807, 2.05) is 0 Å². The Balaban J connectivity index is 1.71. The number of pyridine rings is 1. The summed E-state index contributed by atoms with van der Waals surface area (Å²) in [6.07, 6.45) is 0. The van der Waals surface area contributed by atoms with E-state index in [4.69, 9.17) is 25.4 Å². The molecule has 0 atom stereocenters. The molecule has 0 unspecified atom stereocenters. The number of hydrogen-bond acceptors (Lipinski definition) is 7. The molecule has 9 heteroatoms. The van der Waals surface area contributed by atoms with Gasteiger partial charge in [0.2, 0.25) is 17.4 Å². The van der Waals surface area contributed by atoms with E-state index in [9.17, 15) is 9.82 Å². The van der Waals surface area contributed by atoms with Crippen LogP contribution in [0.15, 0.2) is 30.3 Å². The second-order valence-electron chi connectivity index (χ2n) is 5.40. The quantitative estimate of drug-likeness (QED) is 0.365. The fourth-order valence-electron chi connectivity index (χ4n) is 2.38. The maximum atomic E-state index is 10.7. The lowest BCUT2D eigenvalue weighted by molar-refractivity contribution is -0.141. The number of fused-ring (bicyclic) bond motifs is 1. The Kier molecular flexibility index (Phi) is 5.36. The Morgan fingerprint density at radius 2 is 2.23 bits per heavy atom. The highest BCUT2D eigenvalue weighted by atomic mass is 16.6. The number of ether oxygens (including phenoxy) is 3. The minimum Gasteiger partial charge on any atom is -0.601 e. The number of esters is 1. The lowest BCUT2D eigenvalue weighted by Crippen LogP contribution is -2.27. The third-order valence-electron chi connectivity index (χ3n) is 3.56. The number of carbonyl (C=O) groups is 1. The van der Waals surface area contributed by atoms with Crippen LogP contribution < -0.4 is 14.9 Å². The van der Waals surface area contributed by atoms with Crippen LogP contribution in [0.25, 0.3) is 4.85 Å². The summed E-state index contributed by atoms with van der Waals surface area (Å²) in [5, 5.41) is 9.64. The van der Waals surface area contributed by atoms with Crippen LogP contribution in [0, 0.1) is 6.57 Å². The summed E-state index contributed by atoms with van der Waals surface area (Å²) in [6, 6.07) is 8.29. The number of hydrogen-bond donors (Lipinski definition) is 1. The van der Waals surface area contributed by atoms with Crippen molar-refractivity contribution < 1.29 is 28.7 Å².